The minimum absolute atomic E-state index is 0. The molecule has 9 nitrogen and oxygen atoms in total. The smallest absolute Gasteiger partial charge is 0.454 e. The van der Waals surface area contributed by atoms with Crippen LogP contribution < -0.4 is 15.5 Å². The number of nitrogens with one attached hydrogen (secondary N) is 1. The van der Waals surface area contributed by atoms with Crippen LogP contribution in [0.3, 0.4) is 0 Å². The fraction of sp³-hybridized carbons (Fsp3) is 0.435. The third kappa shape index (κ3) is 8.74. The van der Waals surface area contributed by atoms with Crippen molar-refractivity contribution < 1.29 is 44.2 Å². The molecule has 0 aliphatic carbocycles. The molecule has 1 aliphatic heterocycles. The van der Waals surface area contributed by atoms with E-state index in [0.717, 1.165) is 5.56 Å². The van der Waals surface area contributed by atoms with Crippen LogP contribution in [0, 0.1) is 12.7 Å². The molecule has 0 saturated carbocycles. The molecule has 2 N–H and O–H groups in total. The van der Waals surface area contributed by atoms with Gasteiger partial charge in [-0.2, -0.15) is 0 Å². The Balaban J connectivity index is 0.000000754. The number of benzene rings is 2. The molecule has 0 fully saturated rings. The van der Waals surface area contributed by atoms with Crippen LogP contribution in [0.1, 0.15) is 51.9 Å². The van der Waals surface area contributed by atoms with Gasteiger partial charge in [0.1, 0.15) is 11.4 Å². The summed E-state index contributed by atoms with van der Waals surface area (Å²) < 4.78 is 40.3. The van der Waals surface area contributed by atoms with Gasteiger partial charge in [0.15, 0.2) is 11.6 Å². The number of rotatable bonds is 8. The molecule has 1 unspecified atom stereocenters. The summed E-state index contributed by atoms with van der Waals surface area (Å²) in [5.41, 5.74) is 2.22. The van der Waals surface area contributed by atoms with Crippen molar-refractivity contribution in [1.82, 2.24) is 5.32 Å². The minimum atomic E-state index is -0.999. The van der Waals surface area contributed by atoms with Crippen LogP contribution in [0.5, 0.6) is 11.5 Å². The van der Waals surface area contributed by atoms with E-state index >= 15 is 0 Å². The van der Waals surface area contributed by atoms with Gasteiger partial charge in [0, 0.05) is 1.43 Å². The Hall–Kier alpha value is -2.73. The third-order valence-electron chi connectivity index (χ3n) is 4.91. The Morgan fingerprint density at radius 2 is 2.00 bits per heavy atom. The monoisotopic (exact) mass is 502 g/mol. The summed E-state index contributed by atoms with van der Waals surface area (Å²) in [6.07, 6.45) is -0.569. The van der Waals surface area contributed by atoms with Gasteiger partial charge in [-0.15, -0.1) is 0 Å². The molecular formula is C23H32B3FNO8. The Bertz CT molecular complexity index is 1060. The first-order valence-corrected chi connectivity index (χ1v) is 11.4. The van der Waals surface area contributed by atoms with E-state index in [9.17, 15) is 18.9 Å². The number of halogens is 1. The molecule has 1 atom stereocenters. The SMILES string of the molecule is C[B]OOCB=O.Cc1c(Oc2ccc(C(C)NC(=O)OC(C)(C)C)cc2F)ccc2c1B(O)OC2.[HH]. The average molecular weight is 502 g/mol. The zero-order chi connectivity index (χ0) is 26.9. The Labute approximate surface area is 213 Å². The van der Waals surface area contributed by atoms with Gasteiger partial charge in [0.25, 0.3) is 0 Å². The van der Waals surface area contributed by atoms with Crippen LogP contribution >= 0.6 is 0 Å². The topological polar surface area (TPSA) is 113 Å². The Morgan fingerprint density at radius 3 is 2.61 bits per heavy atom. The average Bonchev–Trinajstić information content (AvgIpc) is 3.17. The van der Waals surface area contributed by atoms with Crippen LogP contribution in [0.15, 0.2) is 30.3 Å². The predicted molar refractivity (Wildman–Crippen MR) is 135 cm³/mol. The van der Waals surface area contributed by atoms with Crippen LogP contribution in [0.2, 0.25) is 6.82 Å². The molecule has 36 heavy (non-hydrogen) atoms. The van der Waals surface area contributed by atoms with Crippen molar-refractivity contribution in [3.63, 3.8) is 0 Å². The maximum atomic E-state index is 14.6. The van der Waals surface area contributed by atoms with Crippen molar-refractivity contribution in [1.29, 1.82) is 0 Å². The molecule has 0 saturated heterocycles. The van der Waals surface area contributed by atoms with Gasteiger partial charge in [0.2, 0.25) is 0 Å². The molecule has 1 amide bonds. The molecule has 0 aromatic heterocycles. The number of hydrogen-bond acceptors (Lipinski definition) is 8. The molecule has 193 valence electrons. The molecule has 0 spiro atoms. The number of carbonyl (C=O) groups excluding carboxylic acids is 1. The fourth-order valence-electron chi connectivity index (χ4n) is 3.29. The summed E-state index contributed by atoms with van der Waals surface area (Å²) in [5.74, 6) is -0.0633. The van der Waals surface area contributed by atoms with Crippen LogP contribution in [-0.2, 0) is 30.4 Å². The van der Waals surface area contributed by atoms with Gasteiger partial charge in [-0.1, -0.05) is 12.1 Å². The van der Waals surface area contributed by atoms with Crippen molar-refractivity contribution in [2.24, 2.45) is 0 Å². The quantitative estimate of drug-likeness (QED) is 0.244. The van der Waals surface area contributed by atoms with Crippen molar-refractivity contribution in [3.8, 4) is 11.5 Å². The van der Waals surface area contributed by atoms with Gasteiger partial charge in [-0.3, -0.25) is 0 Å². The van der Waals surface area contributed by atoms with E-state index in [0.29, 0.717) is 36.1 Å². The number of amides is 1. The largest absolute Gasteiger partial charge is 0.492 e. The first kappa shape index (κ1) is 29.5. The number of carbonyl (C=O) groups is 1. The number of alkyl carbamates (subject to hydrolysis) is 1. The number of fused-ring (bicyclic) bond motifs is 1. The van der Waals surface area contributed by atoms with Crippen LogP contribution in [0.4, 0.5) is 9.18 Å². The maximum Gasteiger partial charge on any atom is 0.492 e. The van der Waals surface area contributed by atoms with E-state index in [-0.39, 0.29) is 13.7 Å². The summed E-state index contributed by atoms with van der Waals surface area (Å²) in [4.78, 5) is 20.3. The summed E-state index contributed by atoms with van der Waals surface area (Å²) >= 11 is 0. The number of ether oxygens (including phenoxy) is 2. The van der Waals surface area contributed by atoms with Crippen molar-refractivity contribution >= 4 is 33.3 Å². The van der Waals surface area contributed by atoms with E-state index in [1.807, 2.05) is 0 Å². The molecule has 13 heteroatoms. The van der Waals surface area contributed by atoms with Crippen LogP contribution in [-0.4, -0.2) is 45.0 Å². The van der Waals surface area contributed by atoms with E-state index in [1.165, 1.54) is 19.6 Å². The van der Waals surface area contributed by atoms with Gasteiger partial charge < -0.3 is 24.5 Å². The molecule has 1 aliphatic rings. The van der Waals surface area contributed by atoms with Gasteiger partial charge >= 0.3 is 55.6 Å². The minimum Gasteiger partial charge on any atom is -0.454 e. The first-order valence-electron chi connectivity index (χ1n) is 11.4. The molecule has 2 aromatic rings. The van der Waals surface area contributed by atoms with E-state index in [1.54, 1.807) is 59.6 Å². The molecule has 0 bridgehead atoms. The Kier molecular flexibility index (Phi) is 11.1. The predicted octanol–water partition coefficient (Wildman–Crippen LogP) is 3.58. The van der Waals surface area contributed by atoms with Crippen LogP contribution in [0.25, 0.3) is 0 Å². The second-order valence-corrected chi connectivity index (χ2v) is 8.87. The van der Waals surface area contributed by atoms with Gasteiger partial charge in [-0.25, -0.2) is 9.18 Å². The summed E-state index contributed by atoms with van der Waals surface area (Å²) in [5, 5.41) is 12.6. The van der Waals surface area contributed by atoms with Gasteiger partial charge in [-0.05, 0) is 75.0 Å². The third-order valence-corrected chi connectivity index (χ3v) is 4.91. The van der Waals surface area contributed by atoms with E-state index in [4.69, 9.17) is 14.1 Å². The maximum absolute atomic E-state index is 14.6. The molecule has 2 aromatic carbocycles. The molecule has 1 heterocycles. The first-order chi connectivity index (χ1) is 17.0. The normalized spacial score (nSPS) is 13.1. The van der Waals surface area contributed by atoms with Crippen molar-refractivity contribution in [2.75, 3.05) is 6.51 Å². The number of hydrogen-bond donors (Lipinski definition) is 2. The zero-order valence-electron chi connectivity index (χ0n) is 21.3. The standard InChI is InChI=1S/C21H25BFNO5.C2H5B2O3.H2/c1-12-17(8-7-15-11-27-22(26)19(12)15)28-18-9-6-14(10-16(18)23)13(2)24-20(25)29-21(3,4)5;1-3-7-6-2-4-5;/h6-10,13,26H,11H2,1-5H3,(H,24,25);2H2,1H3;1H. The zero-order valence-corrected chi connectivity index (χ0v) is 21.3. The summed E-state index contributed by atoms with van der Waals surface area (Å²) in [6, 6.07) is 7.60. The van der Waals surface area contributed by atoms with Gasteiger partial charge in [0.05, 0.1) is 12.6 Å². The second kappa shape index (κ2) is 13.5. The summed E-state index contributed by atoms with van der Waals surface area (Å²) in [6.45, 7) is 10.8. The Morgan fingerprint density at radius 1 is 1.31 bits per heavy atom. The summed E-state index contributed by atoms with van der Waals surface area (Å²) in [7, 11) is 0.966. The van der Waals surface area contributed by atoms with E-state index < -0.39 is 30.7 Å². The fourth-order valence-corrected chi connectivity index (χ4v) is 3.29. The van der Waals surface area contributed by atoms with Crippen molar-refractivity contribution in [2.45, 2.75) is 59.7 Å². The molecule has 1 radical (unpaired) electrons. The molecular weight excluding hydrogens is 470 g/mol. The van der Waals surface area contributed by atoms with E-state index in [2.05, 4.69) is 15.0 Å². The second-order valence-electron chi connectivity index (χ2n) is 8.87. The molecule has 3 rings (SSSR count). The van der Waals surface area contributed by atoms with Crippen molar-refractivity contribution in [3.05, 3.63) is 52.8 Å².